The van der Waals surface area contributed by atoms with E-state index in [-0.39, 0.29) is 0 Å². The first-order valence-corrected chi connectivity index (χ1v) is 5.53. The second kappa shape index (κ2) is 4.46. The summed E-state index contributed by atoms with van der Waals surface area (Å²) in [5.41, 5.74) is 2.05. The van der Waals surface area contributed by atoms with Gasteiger partial charge < -0.3 is 5.32 Å². The molecule has 0 radical (unpaired) electrons. The van der Waals surface area contributed by atoms with Crippen molar-refractivity contribution in [2.24, 2.45) is 5.92 Å². The molecule has 0 aliphatic carbocycles. The molecule has 1 aliphatic heterocycles. The van der Waals surface area contributed by atoms with Crippen LogP contribution in [0.3, 0.4) is 0 Å². The Morgan fingerprint density at radius 3 is 2.53 bits per heavy atom. The summed E-state index contributed by atoms with van der Waals surface area (Å²) < 4.78 is 0. The summed E-state index contributed by atoms with van der Waals surface area (Å²) in [6.07, 6.45) is 2.49. The number of rotatable bonds is 1. The summed E-state index contributed by atoms with van der Waals surface area (Å²) in [5.74, 6) is 0.791. The fourth-order valence-electron chi connectivity index (χ4n) is 2.07. The summed E-state index contributed by atoms with van der Waals surface area (Å²) in [7, 11) is 0. The fraction of sp³-hybridized carbons (Fsp3) is 0.462. The Hall–Kier alpha value is -1.33. The van der Waals surface area contributed by atoms with E-state index >= 15 is 0 Å². The molecule has 1 N–H and O–H groups in total. The number of nitrogens with one attached hydrogen (secondary N) is 1. The van der Waals surface area contributed by atoms with Crippen molar-refractivity contribution < 1.29 is 0 Å². The topological polar surface area (TPSA) is 35.8 Å². The van der Waals surface area contributed by atoms with Crippen molar-refractivity contribution in [3.05, 3.63) is 35.4 Å². The summed E-state index contributed by atoms with van der Waals surface area (Å²) in [6.45, 7) is 3.38. The largest absolute Gasteiger partial charge is 0.310 e. The van der Waals surface area contributed by atoms with Crippen LogP contribution in [0.4, 0.5) is 0 Å². The van der Waals surface area contributed by atoms with Crippen LogP contribution >= 0.6 is 0 Å². The molecule has 2 heteroatoms. The number of benzene rings is 1. The third kappa shape index (κ3) is 2.37. The molecule has 1 aromatic carbocycles. The smallest absolute Gasteiger partial charge is 0.0991 e. The lowest BCUT2D eigenvalue weighted by Crippen LogP contribution is -2.31. The molecule has 0 unspecified atom stereocenters. The van der Waals surface area contributed by atoms with Gasteiger partial charge in [0.15, 0.2) is 0 Å². The molecule has 2 nitrogen and oxygen atoms in total. The van der Waals surface area contributed by atoms with Gasteiger partial charge >= 0.3 is 0 Å². The van der Waals surface area contributed by atoms with E-state index in [1.165, 1.54) is 18.4 Å². The summed E-state index contributed by atoms with van der Waals surface area (Å²) in [6, 6.07) is 10.5. The average molecular weight is 200 g/mol. The van der Waals surface area contributed by atoms with Crippen molar-refractivity contribution in [1.82, 2.24) is 5.32 Å². The maximum atomic E-state index is 8.71. The molecule has 15 heavy (non-hydrogen) atoms. The van der Waals surface area contributed by atoms with E-state index in [1.54, 1.807) is 0 Å². The highest BCUT2D eigenvalue weighted by atomic mass is 14.9. The minimum Gasteiger partial charge on any atom is -0.310 e. The van der Waals surface area contributed by atoms with Gasteiger partial charge in [0.2, 0.25) is 0 Å². The van der Waals surface area contributed by atoms with Gasteiger partial charge in [-0.15, -0.1) is 0 Å². The minimum absolute atomic E-state index is 0.481. The first-order valence-electron chi connectivity index (χ1n) is 5.53. The average Bonchev–Trinajstić information content (AvgIpc) is 2.30. The number of hydrogen-bond donors (Lipinski definition) is 1. The van der Waals surface area contributed by atoms with Gasteiger partial charge in [-0.25, -0.2) is 0 Å². The minimum atomic E-state index is 0.481. The predicted octanol–water partition coefficient (Wildman–Crippen LogP) is 2.62. The van der Waals surface area contributed by atoms with Crippen LogP contribution < -0.4 is 5.32 Å². The number of piperidine rings is 1. The Labute approximate surface area is 90.9 Å². The highest BCUT2D eigenvalue weighted by Gasteiger charge is 2.18. The fourth-order valence-corrected chi connectivity index (χ4v) is 2.07. The zero-order valence-electron chi connectivity index (χ0n) is 9.03. The van der Waals surface area contributed by atoms with Crippen LogP contribution in [0, 0.1) is 17.2 Å². The standard InChI is InChI=1S/C13H16N2/c1-10-2-7-13(15-9-10)12-5-3-11(8-14)4-6-12/h3-6,10,13,15H,2,7,9H2,1H3/t10-,13+/m0/s1. The molecule has 0 amide bonds. The molecule has 0 aromatic heterocycles. The van der Waals surface area contributed by atoms with Crippen LogP contribution in [0.1, 0.15) is 36.9 Å². The molecule has 0 saturated carbocycles. The third-order valence-corrected chi connectivity index (χ3v) is 3.10. The second-order valence-electron chi connectivity index (χ2n) is 4.38. The van der Waals surface area contributed by atoms with Gasteiger partial charge in [0.1, 0.15) is 0 Å². The lowest BCUT2D eigenvalue weighted by Gasteiger charge is -2.28. The van der Waals surface area contributed by atoms with Crippen LogP contribution in [0.2, 0.25) is 0 Å². The van der Waals surface area contributed by atoms with Gasteiger partial charge in [0.25, 0.3) is 0 Å². The molecular formula is C13H16N2. The van der Waals surface area contributed by atoms with E-state index in [1.807, 2.05) is 12.1 Å². The molecular weight excluding hydrogens is 184 g/mol. The van der Waals surface area contributed by atoms with E-state index in [2.05, 4.69) is 30.4 Å². The van der Waals surface area contributed by atoms with Crippen molar-refractivity contribution in [2.45, 2.75) is 25.8 Å². The Bertz CT molecular complexity index is 353. The van der Waals surface area contributed by atoms with E-state index in [0.29, 0.717) is 6.04 Å². The van der Waals surface area contributed by atoms with E-state index in [9.17, 15) is 0 Å². The van der Waals surface area contributed by atoms with Crippen molar-refractivity contribution in [2.75, 3.05) is 6.54 Å². The van der Waals surface area contributed by atoms with Gasteiger partial charge in [0.05, 0.1) is 11.6 Å². The SMILES string of the molecule is C[C@H]1CC[C@H](c2ccc(C#N)cc2)NC1. The maximum absolute atomic E-state index is 8.71. The Morgan fingerprint density at radius 2 is 2.00 bits per heavy atom. The maximum Gasteiger partial charge on any atom is 0.0991 e. The molecule has 2 atom stereocenters. The van der Waals surface area contributed by atoms with Crippen molar-refractivity contribution >= 4 is 0 Å². The predicted molar refractivity (Wildman–Crippen MR) is 60.3 cm³/mol. The molecule has 1 saturated heterocycles. The van der Waals surface area contributed by atoms with Crippen LogP contribution in [-0.4, -0.2) is 6.54 Å². The normalized spacial score (nSPS) is 25.9. The Kier molecular flexibility index (Phi) is 3.03. The number of nitrogens with zero attached hydrogens (tertiary/aromatic N) is 1. The van der Waals surface area contributed by atoms with E-state index in [0.717, 1.165) is 18.0 Å². The first kappa shape index (κ1) is 10.2. The molecule has 2 rings (SSSR count). The zero-order valence-corrected chi connectivity index (χ0v) is 9.03. The molecule has 1 aliphatic rings. The molecule has 1 heterocycles. The number of hydrogen-bond acceptors (Lipinski definition) is 2. The summed E-state index contributed by atoms with van der Waals surface area (Å²) in [4.78, 5) is 0. The van der Waals surface area contributed by atoms with E-state index < -0.39 is 0 Å². The first-order chi connectivity index (χ1) is 7.29. The zero-order chi connectivity index (χ0) is 10.7. The van der Waals surface area contributed by atoms with Crippen LogP contribution in [0.25, 0.3) is 0 Å². The molecule has 1 fully saturated rings. The third-order valence-electron chi connectivity index (χ3n) is 3.10. The van der Waals surface area contributed by atoms with Crippen molar-refractivity contribution in [1.29, 1.82) is 5.26 Å². The second-order valence-corrected chi connectivity index (χ2v) is 4.38. The van der Waals surface area contributed by atoms with Gasteiger partial charge in [-0.1, -0.05) is 19.1 Å². The van der Waals surface area contributed by atoms with Gasteiger partial charge in [-0.2, -0.15) is 5.26 Å². The Morgan fingerprint density at radius 1 is 1.27 bits per heavy atom. The highest BCUT2D eigenvalue weighted by molar-refractivity contribution is 5.33. The lowest BCUT2D eigenvalue weighted by atomic mass is 9.92. The van der Waals surface area contributed by atoms with Crippen LogP contribution in [0.15, 0.2) is 24.3 Å². The molecule has 0 spiro atoms. The van der Waals surface area contributed by atoms with Gasteiger partial charge in [-0.3, -0.25) is 0 Å². The van der Waals surface area contributed by atoms with Gasteiger partial charge in [-0.05, 0) is 43.0 Å². The van der Waals surface area contributed by atoms with Crippen molar-refractivity contribution in [3.8, 4) is 6.07 Å². The quantitative estimate of drug-likeness (QED) is 0.756. The highest BCUT2D eigenvalue weighted by Crippen LogP contribution is 2.25. The summed E-state index contributed by atoms with van der Waals surface area (Å²) >= 11 is 0. The van der Waals surface area contributed by atoms with E-state index in [4.69, 9.17) is 5.26 Å². The summed E-state index contributed by atoms with van der Waals surface area (Å²) in [5, 5.41) is 12.2. The van der Waals surface area contributed by atoms with Crippen LogP contribution in [0.5, 0.6) is 0 Å². The molecule has 1 aromatic rings. The van der Waals surface area contributed by atoms with Crippen LogP contribution in [-0.2, 0) is 0 Å². The molecule has 0 bridgehead atoms. The lowest BCUT2D eigenvalue weighted by molar-refractivity contribution is 0.333. The van der Waals surface area contributed by atoms with Crippen molar-refractivity contribution in [3.63, 3.8) is 0 Å². The van der Waals surface area contributed by atoms with Gasteiger partial charge in [0, 0.05) is 6.04 Å². The monoisotopic (exact) mass is 200 g/mol. The Balaban J connectivity index is 2.07. The number of nitriles is 1. The molecule has 78 valence electrons.